The Bertz CT molecular complexity index is 514. The highest BCUT2D eigenvalue weighted by Gasteiger charge is 2.21. The minimum absolute atomic E-state index is 0.226. The third-order valence-corrected chi connectivity index (χ3v) is 3.35. The van der Waals surface area contributed by atoms with Gasteiger partial charge in [-0.1, -0.05) is 6.92 Å². The molecule has 0 amide bonds. The highest BCUT2D eigenvalue weighted by Crippen LogP contribution is 2.35. The van der Waals surface area contributed by atoms with Crippen molar-refractivity contribution in [3.63, 3.8) is 0 Å². The summed E-state index contributed by atoms with van der Waals surface area (Å²) in [4.78, 5) is 4.37. The number of nitrogens with zero attached hydrogens (tertiary/aromatic N) is 1. The molecule has 0 bridgehead atoms. The average Bonchev–Trinajstić information content (AvgIpc) is 2.82. The van der Waals surface area contributed by atoms with Crippen molar-refractivity contribution in [3.8, 4) is 11.5 Å². The van der Waals surface area contributed by atoms with Crippen LogP contribution >= 0.6 is 0 Å². The van der Waals surface area contributed by atoms with Gasteiger partial charge >= 0.3 is 0 Å². The highest BCUT2D eigenvalue weighted by atomic mass is 16.5. The molecule has 0 spiro atoms. The molecule has 0 saturated carbocycles. The number of aliphatic imine (C=N–C) groups is 1. The van der Waals surface area contributed by atoms with Gasteiger partial charge in [0.15, 0.2) is 5.96 Å². The summed E-state index contributed by atoms with van der Waals surface area (Å²) in [6.45, 7) is 8.10. The quantitative estimate of drug-likeness (QED) is 0.623. The number of ether oxygens (including phenoxy) is 2. The summed E-state index contributed by atoms with van der Waals surface area (Å²) >= 11 is 0. The number of hydrogen-bond acceptors (Lipinski definition) is 3. The summed E-state index contributed by atoms with van der Waals surface area (Å²) in [5, 5.41) is 3.07. The van der Waals surface area contributed by atoms with Gasteiger partial charge in [-0.25, -0.2) is 4.99 Å². The van der Waals surface area contributed by atoms with Gasteiger partial charge in [0.2, 0.25) is 0 Å². The van der Waals surface area contributed by atoms with Gasteiger partial charge in [0, 0.05) is 24.1 Å². The molecule has 1 aromatic rings. The van der Waals surface area contributed by atoms with Gasteiger partial charge in [0.05, 0.1) is 13.2 Å². The van der Waals surface area contributed by atoms with Crippen LogP contribution in [0.1, 0.15) is 38.3 Å². The molecule has 1 aliphatic heterocycles. The van der Waals surface area contributed by atoms with Crippen molar-refractivity contribution >= 4 is 5.96 Å². The standard InChI is InChI=1S/C16H25N3O2/c1-4-6-18-16(17)19-10-13-9-15-12(7-11(3)21-15)8-14(13)20-5-2/h8-9,11H,4-7,10H2,1-3H3,(H3,17,18,19). The zero-order valence-corrected chi connectivity index (χ0v) is 13.1. The third kappa shape index (κ3) is 4.03. The van der Waals surface area contributed by atoms with Crippen molar-refractivity contribution in [2.75, 3.05) is 13.2 Å². The van der Waals surface area contributed by atoms with Crippen LogP contribution in [0.3, 0.4) is 0 Å². The van der Waals surface area contributed by atoms with E-state index in [4.69, 9.17) is 15.2 Å². The zero-order chi connectivity index (χ0) is 15.2. The van der Waals surface area contributed by atoms with Crippen LogP contribution in [0.4, 0.5) is 0 Å². The monoisotopic (exact) mass is 291 g/mol. The van der Waals surface area contributed by atoms with E-state index in [1.54, 1.807) is 0 Å². The second-order valence-corrected chi connectivity index (χ2v) is 5.26. The van der Waals surface area contributed by atoms with Crippen molar-refractivity contribution in [1.82, 2.24) is 5.32 Å². The molecule has 1 heterocycles. The molecule has 3 N–H and O–H groups in total. The maximum absolute atomic E-state index is 5.83. The molecular weight excluding hydrogens is 266 g/mol. The van der Waals surface area contributed by atoms with Crippen LogP contribution < -0.4 is 20.5 Å². The van der Waals surface area contributed by atoms with Crippen molar-refractivity contribution in [2.45, 2.75) is 46.3 Å². The first-order valence-corrected chi connectivity index (χ1v) is 7.63. The summed E-state index contributed by atoms with van der Waals surface area (Å²) in [6.07, 6.45) is 2.17. The molecule has 1 unspecified atom stereocenters. The number of fused-ring (bicyclic) bond motifs is 1. The molecule has 116 valence electrons. The lowest BCUT2D eigenvalue weighted by molar-refractivity contribution is 0.254. The van der Waals surface area contributed by atoms with E-state index in [0.717, 1.165) is 36.4 Å². The Morgan fingerprint density at radius 1 is 1.48 bits per heavy atom. The molecule has 0 radical (unpaired) electrons. The Labute approximate surface area is 126 Å². The lowest BCUT2D eigenvalue weighted by Crippen LogP contribution is -2.32. The first-order chi connectivity index (χ1) is 10.1. The molecule has 21 heavy (non-hydrogen) atoms. The van der Waals surface area contributed by atoms with Crippen molar-refractivity contribution < 1.29 is 9.47 Å². The molecule has 1 aromatic carbocycles. The topological polar surface area (TPSA) is 68.9 Å². The fourth-order valence-corrected chi connectivity index (χ4v) is 2.37. The molecule has 5 heteroatoms. The van der Waals surface area contributed by atoms with E-state index in [9.17, 15) is 0 Å². The van der Waals surface area contributed by atoms with Gasteiger partial charge < -0.3 is 20.5 Å². The van der Waals surface area contributed by atoms with E-state index in [2.05, 4.69) is 30.2 Å². The second kappa shape index (κ2) is 7.20. The number of nitrogens with two attached hydrogens (primary N) is 1. The van der Waals surface area contributed by atoms with Crippen LogP contribution in [0.5, 0.6) is 11.5 Å². The molecule has 1 aliphatic rings. The predicted octanol–water partition coefficient (Wildman–Crippen LogP) is 2.22. The Morgan fingerprint density at radius 2 is 2.29 bits per heavy atom. The number of nitrogens with one attached hydrogen (secondary N) is 1. The maximum atomic E-state index is 5.83. The molecule has 0 aliphatic carbocycles. The SMILES string of the molecule is CCCNC(N)=NCc1cc2c(cc1OCC)CC(C)O2. The van der Waals surface area contributed by atoms with E-state index in [1.165, 1.54) is 5.56 Å². The van der Waals surface area contributed by atoms with Gasteiger partial charge in [-0.15, -0.1) is 0 Å². The van der Waals surface area contributed by atoms with Crippen LogP contribution in [-0.2, 0) is 13.0 Å². The smallest absolute Gasteiger partial charge is 0.188 e. The van der Waals surface area contributed by atoms with E-state index in [1.807, 2.05) is 13.0 Å². The maximum Gasteiger partial charge on any atom is 0.188 e. The number of guanidine groups is 1. The molecule has 0 fully saturated rings. The summed E-state index contributed by atoms with van der Waals surface area (Å²) in [6, 6.07) is 4.10. The molecular formula is C16H25N3O2. The second-order valence-electron chi connectivity index (χ2n) is 5.26. The lowest BCUT2D eigenvalue weighted by Gasteiger charge is -2.11. The molecule has 0 saturated heterocycles. The largest absolute Gasteiger partial charge is 0.494 e. The minimum atomic E-state index is 0.226. The van der Waals surface area contributed by atoms with Crippen LogP contribution in [-0.4, -0.2) is 25.2 Å². The zero-order valence-electron chi connectivity index (χ0n) is 13.1. The van der Waals surface area contributed by atoms with E-state index >= 15 is 0 Å². The third-order valence-electron chi connectivity index (χ3n) is 3.35. The first-order valence-electron chi connectivity index (χ1n) is 7.63. The van der Waals surface area contributed by atoms with Gasteiger partial charge in [-0.05, 0) is 32.4 Å². The van der Waals surface area contributed by atoms with Crippen molar-refractivity contribution in [3.05, 3.63) is 23.3 Å². The van der Waals surface area contributed by atoms with Gasteiger partial charge in [0.1, 0.15) is 17.6 Å². The number of rotatable bonds is 6. The normalized spacial score (nSPS) is 17.3. The summed E-state index contributed by atoms with van der Waals surface area (Å²) in [7, 11) is 0. The Kier molecular flexibility index (Phi) is 5.31. The van der Waals surface area contributed by atoms with Crippen LogP contribution in [0.25, 0.3) is 0 Å². The fourth-order valence-electron chi connectivity index (χ4n) is 2.37. The fraction of sp³-hybridized carbons (Fsp3) is 0.562. The Morgan fingerprint density at radius 3 is 3.00 bits per heavy atom. The molecule has 2 rings (SSSR count). The van der Waals surface area contributed by atoms with Crippen molar-refractivity contribution in [1.29, 1.82) is 0 Å². The summed E-state index contributed by atoms with van der Waals surface area (Å²) in [5.41, 5.74) is 8.04. The number of benzene rings is 1. The van der Waals surface area contributed by atoms with Crippen LogP contribution in [0.2, 0.25) is 0 Å². The first kappa shape index (κ1) is 15.5. The van der Waals surface area contributed by atoms with Crippen LogP contribution in [0, 0.1) is 0 Å². The summed E-state index contributed by atoms with van der Waals surface area (Å²) < 4.78 is 11.5. The average molecular weight is 291 g/mol. The lowest BCUT2D eigenvalue weighted by atomic mass is 10.1. The predicted molar refractivity (Wildman–Crippen MR) is 85.0 cm³/mol. The highest BCUT2D eigenvalue weighted by molar-refractivity contribution is 5.77. The van der Waals surface area contributed by atoms with E-state index in [0.29, 0.717) is 19.1 Å². The summed E-state index contributed by atoms with van der Waals surface area (Å²) in [5.74, 6) is 2.28. The molecule has 5 nitrogen and oxygen atoms in total. The minimum Gasteiger partial charge on any atom is -0.494 e. The molecule has 1 atom stereocenters. The molecule has 0 aromatic heterocycles. The number of hydrogen-bond donors (Lipinski definition) is 2. The Hall–Kier alpha value is -1.91. The Balaban J connectivity index is 2.16. The van der Waals surface area contributed by atoms with Gasteiger partial charge in [-0.2, -0.15) is 0 Å². The van der Waals surface area contributed by atoms with Gasteiger partial charge in [0.25, 0.3) is 0 Å². The van der Waals surface area contributed by atoms with Crippen molar-refractivity contribution in [2.24, 2.45) is 10.7 Å². The van der Waals surface area contributed by atoms with Crippen LogP contribution in [0.15, 0.2) is 17.1 Å². The van der Waals surface area contributed by atoms with Gasteiger partial charge in [-0.3, -0.25) is 0 Å². The van der Waals surface area contributed by atoms with E-state index in [-0.39, 0.29) is 6.10 Å². The van der Waals surface area contributed by atoms with E-state index < -0.39 is 0 Å².